The molecule has 8 nitrogen and oxygen atoms in total. The number of Topliss-reactive ketones (excluding diaryl/α,β-unsaturated/α-hetero) is 1. The van der Waals surface area contributed by atoms with Crippen LogP contribution in [-0.2, 0) is 6.42 Å². The van der Waals surface area contributed by atoms with Crippen molar-refractivity contribution in [2.45, 2.75) is 12.8 Å². The lowest BCUT2D eigenvalue weighted by Gasteiger charge is -2.10. The second-order valence-electron chi connectivity index (χ2n) is 6.66. The largest absolute Gasteiger partial charge is 0.366 e. The van der Waals surface area contributed by atoms with Crippen molar-refractivity contribution in [3.05, 3.63) is 91.7 Å². The van der Waals surface area contributed by atoms with Crippen LogP contribution in [0.3, 0.4) is 0 Å². The molecular weight excluding hydrogens is 438 g/mol. The average molecular weight is 454 g/mol. The average Bonchev–Trinajstić information content (AvgIpc) is 3.41. The minimum absolute atomic E-state index is 0.0260. The van der Waals surface area contributed by atoms with Gasteiger partial charge in [0.1, 0.15) is 0 Å². The summed E-state index contributed by atoms with van der Waals surface area (Å²) in [6.07, 6.45) is 3.89. The Bertz CT molecular complexity index is 1340. The lowest BCUT2D eigenvalue weighted by Crippen LogP contribution is -2.19. The molecule has 3 aromatic heterocycles. The first-order valence-corrected chi connectivity index (χ1v) is 10.4. The van der Waals surface area contributed by atoms with Gasteiger partial charge in [-0.2, -0.15) is 0 Å². The first kappa shape index (κ1) is 20.7. The molecule has 0 atom stereocenters. The van der Waals surface area contributed by atoms with Crippen molar-refractivity contribution in [3.8, 4) is 11.4 Å². The smallest absolute Gasteiger partial charge is 0.255 e. The van der Waals surface area contributed by atoms with E-state index in [2.05, 4.69) is 10.3 Å². The van der Waals surface area contributed by atoms with Gasteiger partial charge in [-0.1, -0.05) is 22.9 Å². The van der Waals surface area contributed by atoms with Crippen LogP contribution in [0.2, 0.25) is 4.34 Å². The van der Waals surface area contributed by atoms with Crippen molar-refractivity contribution in [1.29, 1.82) is 0 Å². The molecule has 0 spiro atoms. The molecule has 10 heteroatoms. The maximum Gasteiger partial charge on any atom is 0.255 e. The fraction of sp³-hybridized carbons (Fsp3) is 0.0952. The van der Waals surface area contributed by atoms with Crippen molar-refractivity contribution in [2.75, 3.05) is 0 Å². The van der Waals surface area contributed by atoms with Crippen molar-refractivity contribution < 1.29 is 9.59 Å². The van der Waals surface area contributed by atoms with E-state index in [1.165, 1.54) is 32.7 Å². The molecule has 0 radical (unpaired) electrons. The van der Waals surface area contributed by atoms with E-state index >= 15 is 0 Å². The summed E-state index contributed by atoms with van der Waals surface area (Å²) in [5, 5.41) is 8.15. The minimum atomic E-state index is -0.664. The lowest BCUT2D eigenvalue weighted by atomic mass is 10.1. The summed E-state index contributed by atoms with van der Waals surface area (Å²) in [5.41, 5.74) is 7.05. The molecule has 1 amide bonds. The van der Waals surface area contributed by atoms with E-state index < -0.39 is 5.91 Å². The number of amides is 1. The predicted octanol–water partition coefficient (Wildman–Crippen LogP) is 3.05. The van der Waals surface area contributed by atoms with E-state index in [0.717, 1.165) is 0 Å². The molecule has 31 heavy (non-hydrogen) atoms. The number of hydrogen-bond donors (Lipinski definition) is 1. The molecule has 0 saturated carbocycles. The molecule has 2 N–H and O–H groups in total. The third-order valence-electron chi connectivity index (χ3n) is 4.59. The number of aryl methyl sites for hydroxylation is 1. The molecule has 0 bridgehead atoms. The number of carbonyl (C=O) groups is 2. The highest BCUT2D eigenvalue weighted by molar-refractivity contribution is 7.18. The number of primary amides is 1. The van der Waals surface area contributed by atoms with Gasteiger partial charge in [-0.25, -0.2) is 4.68 Å². The highest BCUT2D eigenvalue weighted by Crippen LogP contribution is 2.23. The van der Waals surface area contributed by atoms with Gasteiger partial charge in [-0.05, 0) is 36.4 Å². The van der Waals surface area contributed by atoms with Crippen LogP contribution in [0.4, 0.5) is 0 Å². The summed E-state index contributed by atoms with van der Waals surface area (Å²) in [5.74, 6) is -0.690. The quantitative estimate of drug-likeness (QED) is 0.432. The summed E-state index contributed by atoms with van der Waals surface area (Å²) in [4.78, 5) is 37.0. The molecule has 0 aliphatic heterocycles. The van der Waals surface area contributed by atoms with Gasteiger partial charge in [0.05, 0.1) is 32.4 Å². The van der Waals surface area contributed by atoms with Gasteiger partial charge in [0.15, 0.2) is 5.78 Å². The van der Waals surface area contributed by atoms with Crippen LogP contribution < -0.4 is 11.3 Å². The van der Waals surface area contributed by atoms with Gasteiger partial charge in [0, 0.05) is 30.8 Å². The summed E-state index contributed by atoms with van der Waals surface area (Å²) in [6, 6.07) is 13.0. The standard InChI is InChI=1S/C21H16ClN5O3S/c22-19-9-8-18(31-19)17(28)7-4-13-12-27(25-24-13)16-6-5-14(11-15(16)21(23)30)26-10-2-1-3-20(26)29/h1-3,5-6,8-12H,4,7H2,(H2,23,30). The molecule has 0 saturated heterocycles. The number of nitrogens with zero attached hydrogens (tertiary/aromatic N) is 4. The number of rotatable bonds is 7. The second kappa shape index (κ2) is 8.66. The SMILES string of the molecule is NC(=O)c1cc(-n2ccccc2=O)ccc1-n1cc(CCC(=O)c2ccc(Cl)s2)nn1. The first-order valence-electron chi connectivity index (χ1n) is 9.24. The molecule has 1 aromatic carbocycles. The Kier molecular flexibility index (Phi) is 5.79. The first-order chi connectivity index (χ1) is 14.9. The summed E-state index contributed by atoms with van der Waals surface area (Å²) >= 11 is 7.11. The van der Waals surface area contributed by atoms with Crippen LogP contribution in [0.15, 0.2) is 65.7 Å². The zero-order valence-corrected chi connectivity index (χ0v) is 17.6. The van der Waals surface area contributed by atoms with Crippen LogP contribution in [0, 0.1) is 0 Å². The third kappa shape index (κ3) is 4.47. The minimum Gasteiger partial charge on any atom is -0.366 e. The zero-order chi connectivity index (χ0) is 22.0. The Labute approximate surface area is 185 Å². The number of ketones is 1. The van der Waals surface area contributed by atoms with Crippen LogP contribution >= 0.6 is 22.9 Å². The summed E-state index contributed by atoms with van der Waals surface area (Å²) < 4.78 is 3.40. The molecular formula is C21H16ClN5O3S. The molecule has 4 aromatic rings. The summed E-state index contributed by atoms with van der Waals surface area (Å²) in [6.45, 7) is 0. The highest BCUT2D eigenvalue weighted by Gasteiger charge is 2.15. The number of hydrogen-bond acceptors (Lipinski definition) is 6. The number of thiophene rings is 1. The van der Waals surface area contributed by atoms with Crippen LogP contribution in [-0.4, -0.2) is 31.3 Å². The van der Waals surface area contributed by atoms with E-state index in [0.29, 0.717) is 32.7 Å². The van der Waals surface area contributed by atoms with E-state index in [9.17, 15) is 14.4 Å². The number of nitrogens with two attached hydrogens (primary N) is 1. The molecule has 3 heterocycles. The second-order valence-corrected chi connectivity index (χ2v) is 8.37. The Balaban J connectivity index is 1.58. The number of carbonyl (C=O) groups excluding carboxylic acids is 2. The van der Waals surface area contributed by atoms with Gasteiger partial charge < -0.3 is 5.73 Å². The normalized spacial score (nSPS) is 10.9. The number of aromatic nitrogens is 4. The fourth-order valence-electron chi connectivity index (χ4n) is 3.07. The van der Waals surface area contributed by atoms with E-state index in [1.54, 1.807) is 48.8 Å². The van der Waals surface area contributed by atoms with Crippen LogP contribution in [0.25, 0.3) is 11.4 Å². The van der Waals surface area contributed by atoms with Gasteiger partial charge in [-0.3, -0.25) is 19.0 Å². The Morgan fingerprint density at radius 1 is 1.13 bits per heavy atom. The molecule has 0 aliphatic rings. The van der Waals surface area contributed by atoms with Crippen molar-refractivity contribution in [3.63, 3.8) is 0 Å². The van der Waals surface area contributed by atoms with Crippen molar-refractivity contribution in [1.82, 2.24) is 19.6 Å². The van der Waals surface area contributed by atoms with Crippen LogP contribution in [0.5, 0.6) is 0 Å². The predicted molar refractivity (Wildman–Crippen MR) is 117 cm³/mol. The number of benzene rings is 1. The Morgan fingerprint density at radius 2 is 1.97 bits per heavy atom. The maximum absolute atomic E-state index is 12.3. The van der Waals surface area contributed by atoms with E-state index in [-0.39, 0.29) is 23.3 Å². The van der Waals surface area contributed by atoms with Gasteiger partial charge in [0.2, 0.25) is 0 Å². The van der Waals surface area contributed by atoms with Crippen molar-refractivity contribution >= 4 is 34.6 Å². The molecule has 0 unspecified atom stereocenters. The van der Waals surface area contributed by atoms with Gasteiger partial charge in [-0.15, -0.1) is 16.4 Å². The fourth-order valence-corrected chi connectivity index (χ4v) is 4.08. The molecule has 156 valence electrons. The van der Waals surface area contributed by atoms with Gasteiger partial charge in [0.25, 0.3) is 11.5 Å². The van der Waals surface area contributed by atoms with Crippen LogP contribution in [0.1, 0.15) is 32.1 Å². The summed E-state index contributed by atoms with van der Waals surface area (Å²) in [7, 11) is 0. The zero-order valence-electron chi connectivity index (χ0n) is 16.1. The molecule has 4 rings (SSSR count). The molecule has 0 aliphatic carbocycles. The van der Waals surface area contributed by atoms with Gasteiger partial charge >= 0.3 is 0 Å². The number of halogens is 1. The highest BCUT2D eigenvalue weighted by atomic mass is 35.5. The van der Waals surface area contributed by atoms with E-state index in [1.807, 2.05) is 0 Å². The monoisotopic (exact) mass is 453 g/mol. The molecule has 0 fully saturated rings. The topological polar surface area (TPSA) is 113 Å². The number of pyridine rings is 1. The third-order valence-corrected chi connectivity index (χ3v) is 5.86. The lowest BCUT2D eigenvalue weighted by molar-refractivity contribution is 0.0982. The maximum atomic E-state index is 12.3. The van der Waals surface area contributed by atoms with Crippen molar-refractivity contribution in [2.24, 2.45) is 5.73 Å². The van der Waals surface area contributed by atoms with E-state index in [4.69, 9.17) is 17.3 Å². The Hall–Kier alpha value is -3.56. The Morgan fingerprint density at radius 3 is 2.68 bits per heavy atom.